The van der Waals surface area contributed by atoms with Gasteiger partial charge in [0.05, 0.1) is 23.0 Å². The van der Waals surface area contributed by atoms with Gasteiger partial charge in [-0.25, -0.2) is 4.98 Å². The molecule has 4 rings (SSSR count). The van der Waals surface area contributed by atoms with Crippen molar-refractivity contribution in [2.24, 2.45) is 5.92 Å². The molecule has 0 spiro atoms. The van der Waals surface area contributed by atoms with Crippen LogP contribution >= 0.6 is 0 Å². The van der Waals surface area contributed by atoms with Crippen LogP contribution in [-0.4, -0.2) is 33.7 Å². The molecular weight excluding hydrogens is 316 g/mol. The number of para-hydroxylation sites is 2. The van der Waals surface area contributed by atoms with E-state index in [2.05, 4.69) is 15.3 Å². The van der Waals surface area contributed by atoms with Gasteiger partial charge in [-0.15, -0.1) is 0 Å². The van der Waals surface area contributed by atoms with Crippen LogP contribution in [0.25, 0.3) is 11.0 Å². The summed E-state index contributed by atoms with van der Waals surface area (Å²) in [7, 11) is 1.74. The van der Waals surface area contributed by atoms with E-state index >= 15 is 0 Å². The second-order valence-corrected chi connectivity index (χ2v) is 6.26. The van der Waals surface area contributed by atoms with Gasteiger partial charge in [0.15, 0.2) is 0 Å². The number of aromatic amines is 1. The monoisotopic (exact) mass is 334 g/mol. The van der Waals surface area contributed by atoms with E-state index in [9.17, 15) is 9.59 Å². The minimum absolute atomic E-state index is 0.0291. The quantitative estimate of drug-likeness (QED) is 0.773. The number of hydrogen-bond acceptors (Lipinski definition) is 3. The summed E-state index contributed by atoms with van der Waals surface area (Å²) in [5.74, 6) is -0.280. The number of carbonyl (C=O) groups excluding carboxylic acids is 2. The minimum Gasteiger partial charge on any atom is -0.338 e. The SMILES string of the molecule is CN1C(=O)CC(C(=O)Nc2nc3ccccc3[nH]2)C1c1ccccc1. The van der Waals surface area contributed by atoms with Crippen LogP contribution in [0.5, 0.6) is 0 Å². The van der Waals surface area contributed by atoms with Crippen LogP contribution in [0.3, 0.4) is 0 Å². The van der Waals surface area contributed by atoms with Crippen molar-refractivity contribution in [3.8, 4) is 0 Å². The van der Waals surface area contributed by atoms with Crippen molar-refractivity contribution < 1.29 is 9.59 Å². The molecule has 2 N–H and O–H groups in total. The number of hydrogen-bond donors (Lipinski definition) is 2. The van der Waals surface area contributed by atoms with Crippen LogP contribution in [-0.2, 0) is 9.59 Å². The van der Waals surface area contributed by atoms with Crippen LogP contribution in [0.2, 0.25) is 0 Å². The van der Waals surface area contributed by atoms with Crippen LogP contribution in [0.15, 0.2) is 54.6 Å². The summed E-state index contributed by atoms with van der Waals surface area (Å²) >= 11 is 0. The normalized spacial score (nSPS) is 20.2. The largest absolute Gasteiger partial charge is 0.338 e. The van der Waals surface area contributed by atoms with E-state index in [1.165, 1.54) is 0 Å². The Morgan fingerprint density at radius 2 is 1.88 bits per heavy atom. The van der Waals surface area contributed by atoms with Gasteiger partial charge >= 0.3 is 0 Å². The lowest BCUT2D eigenvalue weighted by molar-refractivity contribution is -0.128. The topological polar surface area (TPSA) is 78.1 Å². The zero-order valence-electron chi connectivity index (χ0n) is 13.8. The second kappa shape index (κ2) is 6.05. The zero-order chi connectivity index (χ0) is 17.4. The van der Waals surface area contributed by atoms with Crippen molar-refractivity contribution in [1.29, 1.82) is 0 Å². The van der Waals surface area contributed by atoms with Gasteiger partial charge < -0.3 is 9.88 Å². The number of H-pyrrole nitrogens is 1. The number of benzene rings is 2. The molecule has 1 aliphatic rings. The standard InChI is InChI=1S/C19H18N4O2/c1-23-16(24)11-13(17(23)12-7-3-2-4-8-12)18(25)22-19-20-14-9-5-6-10-15(14)21-19/h2-10,13,17H,11H2,1H3,(H2,20,21,22,25). The van der Waals surface area contributed by atoms with Crippen LogP contribution in [0.1, 0.15) is 18.0 Å². The highest BCUT2D eigenvalue weighted by molar-refractivity contribution is 5.97. The molecule has 1 aromatic heterocycles. The maximum Gasteiger partial charge on any atom is 0.232 e. The number of fused-ring (bicyclic) bond motifs is 1. The molecule has 2 aromatic carbocycles. The first-order valence-electron chi connectivity index (χ1n) is 8.20. The third-order valence-corrected chi connectivity index (χ3v) is 4.70. The molecule has 6 heteroatoms. The van der Waals surface area contributed by atoms with Gasteiger partial charge in [0.2, 0.25) is 17.8 Å². The number of aromatic nitrogens is 2. The van der Waals surface area contributed by atoms with Crippen molar-refractivity contribution in [2.45, 2.75) is 12.5 Å². The van der Waals surface area contributed by atoms with Gasteiger partial charge in [0.1, 0.15) is 0 Å². The molecule has 25 heavy (non-hydrogen) atoms. The Morgan fingerprint density at radius 1 is 1.16 bits per heavy atom. The molecule has 2 amide bonds. The van der Waals surface area contributed by atoms with Gasteiger partial charge in [-0.2, -0.15) is 0 Å². The number of amides is 2. The van der Waals surface area contributed by atoms with Gasteiger partial charge in [-0.1, -0.05) is 42.5 Å². The fraction of sp³-hybridized carbons (Fsp3) is 0.211. The van der Waals surface area contributed by atoms with E-state index in [0.29, 0.717) is 5.95 Å². The van der Waals surface area contributed by atoms with E-state index in [1.54, 1.807) is 11.9 Å². The molecule has 0 bridgehead atoms. The predicted octanol–water partition coefficient (Wildman–Crippen LogP) is 2.72. The van der Waals surface area contributed by atoms with Crippen molar-refractivity contribution in [3.63, 3.8) is 0 Å². The Kier molecular flexibility index (Phi) is 3.72. The number of imidazole rings is 1. The molecule has 3 aromatic rings. The van der Waals surface area contributed by atoms with Gasteiger partial charge in [0, 0.05) is 13.5 Å². The number of nitrogens with one attached hydrogen (secondary N) is 2. The number of anilines is 1. The first kappa shape index (κ1) is 15.4. The molecule has 1 aliphatic heterocycles. The van der Waals surface area contributed by atoms with E-state index in [0.717, 1.165) is 16.6 Å². The second-order valence-electron chi connectivity index (χ2n) is 6.26. The Labute approximate surface area is 144 Å². The summed E-state index contributed by atoms with van der Waals surface area (Å²) in [5, 5.41) is 2.83. The third-order valence-electron chi connectivity index (χ3n) is 4.70. The van der Waals surface area contributed by atoms with Crippen LogP contribution in [0, 0.1) is 5.92 Å². The highest BCUT2D eigenvalue weighted by atomic mass is 16.2. The predicted molar refractivity (Wildman–Crippen MR) is 94.8 cm³/mol. The number of carbonyl (C=O) groups is 2. The lowest BCUT2D eigenvalue weighted by atomic mass is 9.93. The molecule has 126 valence electrons. The van der Waals surface area contributed by atoms with Crippen LogP contribution in [0.4, 0.5) is 5.95 Å². The Balaban J connectivity index is 1.60. The Bertz CT molecular complexity index is 902. The molecule has 2 unspecified atom stereocenters. The van der Waals surface area contributed by atoms with Crippen molar-refractivity contribution in [3.05, 3.63) is 60.2 Å². The molecule has 0 radical (unpaired) electrons. The van der Waals surface area contributed by atoms with E-state index in [-0.39, 0.29) is 24.3 Å². The molecule has 2 heterocycles. The maximum atomic E-state index is 12.8. The minimum atomic E-state index is -0.451. The number of rotatable bonds is 3. The van der Waals surface area contributed by atoms with Gasteiger partial charge in [-0.05, 0) is 17.7 Å². The maximum absolute atomic E-state index is 12.8. The Hall–Kier alpha value is -3.15. The average Bonchev–Trinajstić information content (AvgIpc) is 3.16. The van der Waals surface area contributed by atoms with Gasteiger partial charge in [-0.3, -0.25) is 14.9 Å². The van der Waals surface area contributed by atoms with Crippen molar-refractivity contribution in [2.75, 3.05) is 12.4 Å². The smallest absolute Gasteiger partial charge is 0.232 e. The zero-order valence-corrected chi connectivity index (χ0v) is 13.8. The molecule has 0 aliphatic carbocycles. The van der Waals surface area contributed by atoms with Crippen molar-refractivity contribution >= 4 is 28.8 Å². The summed E-state index contributed by atoms with van der Waals surface area (Å²) in [6.07, 6.45) is 0.197. The average molecular weight is 334 g/mol. The summed E-state index contributed by atoms with van der Waals surface area (Å²) in [6.45, 7) is 0. The van der Waals surface area contributed by atoms with Crippen molar-refractivity contribution in [1.82, 2.24) is 14.9 Å². The Morgan fingerprint density at radius 3 is 2.64 bits per heavy atom. The molecule has 1 saturated heterocycles. The summed E-state index contributed by atoms with van der Waals surface area (Å²) in [6, 6.07) is 17.0. The molecule has 6 nitrogen and oxygen atoms in total. The van der Waals surface area contributed by atoms with E-state index < -0.39 is 5.92 Å². The fourth-order valence-corrected chi connectivity index (χ4v) is 3.43. The third kappa shape index (κ3) is 2.76. The number of likely N-dealkylation sites (tertiary alicyclic amines) is 1. The van der Waals surface area contributed by atoms with Gasteiger partial charge in [0.25, 0.3) is 0 Å². The fourth-order valence-electron chi connectivity index (χ4n) is 3.43. The summed E-state index contributed by atoms with van der Waals surface area (Å²) < 4.78 is 0. The first-order valence-corrected chi connectivity index (χ1v) is 8.20. The lowest BCUT2D eigenvalue weighted by Gasteiger charge is -2.24. The highest BCUT2D eigenvalue weighted by Gasteiger charge is 2.42. The number of nitrogens with zero attached hydrogens (tertiary/aromatic N) is 2. The highest BCUT2D eigenvalue weighted by Crippen LogP contribution is 2.37. The lowest BCUT2D eigenvalue weighted by Crippen LogP contribution is -2.30. The molecular formula is C19H18N4O2. The molecule has 1 fully saturated rings. The van der Waals surface area contributed by atoms with Crippen LogP contribution < -0.4 is 5.32 Å². The van der Waals surface area contributed by atoms with E-state index in [1.807, 2.05) is 54.6 Å². The van der Waals surface area contributed by atoms with E-state index in [4.69, 9.17) is 0 Å². The molecule has 2 atom stereocenters. The first-order chi connectivity index (χ1) is 12.1. The molecule has 0 saturated carbocycles. The summed E-state index contributed by atoms with van der Waals surface area (Å²) in [4.78, 5) is 34.1. The summed E-state index contributed by atoms with van der Waals surface area (Å²) in [5.41, 5.74) is 2.61.